The highest BCUT2D eigenvalue weighted by molar-refractivity contribution is 6.35. The number of fused-ring (bicyclic) bond motifs is 1. The van der Waals surface area contributed by atoms with Crippen LogP contribution >= 0.6 is 11.6 Å². The van der Waals surface area contributed by atoms with Gasteiger partial charge in [-0.25, -0.2) is 0 Å². The SMILES string of the molecule is NCCNc1onc2c(Cl)cccc12. The summed E-state index contributed by atoms with van der Waals surface area (Å²) >= 11 is 5.93. The van der Waals surface area contributed by atoms with Crippen molar-refractivity contribution in [3.63, 3.8) is 0 Å². The zero-order valence-electron chi connectivity index (χ0n) is 7.46. The Morgan fingerprint density at radius 2 is 2.36 bits per heavy atom. The van der Waals surface area contributed by atoms with E-state index in [1.54, 1.807) is 6.07 Å². The molecule has 1 heterocycles. The second kappa shape index (κ2) is 3.86. The minimum absolute atomic E-state index is 0.544. The van der Waals surface area contributed by atoms with E-state index in [0.29, 0.717) is 29.5 Å². The fourth-order valence-corrected chi connectivity index (χ4v) is 1.45. The maximum atomic E-state index is 5.93. The van der Waals surface area contributed by atoms with Gasteiger partial charge in [0.05, 0.1) is 10.4 Å². The van der Waals surface area contributed by atoms with Gasteiger partial charge in [-0.2, -0.15) is 0 Å². The minimum Gasteiger partial charge on any atom is -0.352 e. The van der Waals surface area contributed by atoms with E-state index < -0.39 is 0 Å². The Balaban J connectivity index is 2.42. The number of nitrogens with zero attached hydrogens (tertiary/aromatic N) is 1. The standard InChI is InChI=1S/C9H10ClN3O/c10-7-3-1-2-6-8(7)13-14-9(6)12-5-4-11/h1-3,12H,4-5,11H2. The molecule has 0 bridgehead atoms. The largest absolute Gasteiger partial charge is 0.352 e. The van der Waals surface area contributed by atoms with Crippen LogP contribution in [0.25, 0.3) is 10.9 Å². The quantitative estimate of drug-likeness (QED) is 0.814. The number of nitrogens with two attached hydrogens (primary N) is 1. The summed E-state index contributed by atoms with van der Waals surface area (Å²) in [6.07, 6.45) is 0. The molecular formula is C9H10ClN3O. The van der Waals surface area contributed by atoms with Crippen LogP contribution in [0.15, 0.2) is 22.7 Å². The van der Waals surface area contributed by atoms with Crippen molar-refractivity contribution in [3.8, 4) is 0 Å². The summed E-state index contributed by atoms with van der Waals surface area (Å²) in [5, 5.41) is 8.36. The first-order valence-corrected chi connectivity index (χ1v) is 4.68. The second-order valence-corrected chi connectivity index (χ2v) is 3.27. The van der Waals surface area contributed by atoms with Crippen molar-refractivity contribution in [2.24, 2.45) is 5.73 Å². The molecule has 1 aromatic carbocycles. The van der Waals surface area contributed by atoms with E-state index in [2.05, 4.69) is 10.5 Å². The molecule has 1 aromatic heterocycles. The Labute approximate surface area is 86.0 Å². The van der Waals surface area contributed by atoms with Crippen LogP contribution in [0, 0.1) is 0 Å². The smallest absolute Gasteiger partial charge is 0.232 e. The molecule has 2 aromatic rings. The number of anilines is 1. The number of hydrogen-bond donors (Lipinski definition) is 2. The molecule has 2 rings (SSSR count). The third-order valence-electron chi connectivity index (χ3n) is 1.89. The average Bonchev–Trinajstić information content (AvgIpc) is 2.60. The van der Waals surface area contributed by atoms with Crippen molar-refractivity contribution >= 4 is 28.4 Å². The van der Waals surface area contributed by atoms with E-state index in [1.165, 1.54) is 0 Å². The Kier molecular flexibility index (Phi) is 2.56. The fraction of sp³-hybridized carbons (Fsp3) is 0.222. The Morgan fingerprint density at radius 1 is 1.50 bits per heavy atom. The van der Waals surface area contributed by atoms with Crippen LogP contribution in [0.2, 0.25) is 5.02 Å². The highest BCUT2D eigenvalue weighted by Crippen LogP contribution is 2.28. The number of halogens is 1. The van der Waals surface area contributed by atoms with Crippen LogP contribution in [-0.2, 0) is 0 Å². The van der Waals surface area contributed by atoms with E-state index in [9.17, 15) is 0 Å². The van der Waals surface area contributed by atoms with Crippen LogP contribution in [0.4, 0.5) is 5.88 Å². The van der Waals surface area contributed by atoms with Gasteiger partial charge in [-0.3, -0.25) is 0 Å². The number of rotatable bonds is 3. The third-order valence-corrected chi connectivity index (χ3v) is 2.19. The van der Waals surface area contributed by atoms with Crippen molar-refractivity contribution in [1.82, 2.24) is 5.16 Å². The summed E-state index contributed by atoms with van der Waals surface area (Å²) < 4.78 is 5.10. The van der Waals surface area contributed by atoms with Crippen molar-refractivity contribution in [1.29, 1.82) is 0 Å². The summed E-state index contributed by atoms with van der Waals surface area (Å²) in [5.74, 6) is 0.618. The maximum absolute atomic E-state index is 5.93. The number of benzene rings is 1. The molecule has 0 atom stereocenters. The highest BCUT2D eigenvalue weighted by atomic mass is 35.5. The fourth-order valence-electron chi connectivity index (χ4n) is 1.25. The van der Waals surface area contributed by atoms with Gasteiger partial charge >= 0.3 is 0 Å². The number of hydrogen-bond acceptors (Lipinski definition) is 4. The Bertz CT molecular complexity index is 441. The summed E-state index contributed by atoms with van der Waals surface area (Å²) in [6.45, 7) is 1.19. The number of nitrogens with one attached hydrogen (secondary N) is 1. The van der Waals surface area contributed by atoms with Gasteiger partial charge in [-0.1, -0.05) is 22.8 Å². The number of aromatic nitrogens is 1. The molecule has 74 valence electrons. The molecule has 0 spiro atoms. The summed E-state index contributed by atoms with van der Waals surface area (Å²) in [5.41, 5.74) is 6.04. The van der Waals surface area contributed by atoms with Gasteiger partial charge < -0.3 is 15.6 Å². The van der Waals surface area contributed by atoms with Crippen LogP contribution in [0.3, 0.4) is 0 Å². The molecule has 0 aliphatic heterocycles. The second-order valence-electron chi connectivity index (χ2n) is 2.86. The minimum atomic E-state index is 0.544. The topological polar surface area (TPSA) is 64.1 Å². The molecule has 0 aliphatic carbocycles. The molecule has 5 heteroatoms. The van der Waals surface area contributed by atoms with Gasteiger partial charge in [0.25, 0.3) is 0 Å². The molecule has 0 unspecified atom stereocenters. The van der Waals surface area contributed by atoms with Crippen LogP contribution < -0.4 is 11.1 Å². The van der Waals surface area contributed by atoms with Gasteiger partial charge in [0.2, 0.25) is 5.88 Å². The lowest BCUT2D eigenvalue weighted by Gasteiger charge is -1.98. The molecule has 14 heavy (non-hydrogen) atoms. The van der Waals surface area contributed by atoms with Crippen molar-refractivity contribution in [3.05, 3.63) is 23.2 Å². The molecule has 0 amide bonds. The lowest BCUT2D eigenvalue weighted by Crippen LogP contribution is -2.12. The van der Waals surface area contributed by atoms with Gasteiger partial charge in [-0.05, 0) is 12.1 Å². The van der Waals surface area contributed by atoms with Crippen LogP contribution in [0.5, 0.6) is 0 Å². The molecule has 0 radical (unpaired) electrons. The molecule has 0 aliphatic rings. The predicted molar refractivity (Wildman–Crippen MR) is 56.6 cm³/mol. The first-order chi connectivity index (χ1) is 6.83. The summed E-state index contributed by atoms with van der Waals surface area (Å²) in [6, 6.07) is 5.53. The van der Waals surface area contributed by atoms with E-state index in [1.807, 2.05) is 12.1 Å². The zero-order valence-corrected chi connectivity index (χ0v) is 8.21. The van der Waals surface area contributed by atoms with Gasteiger partial charge in [0.15, 0.2) is 0 Å². The predicted octanol–water partition coefficient (Wildman–Crippen LogP) is 1.85. The molecule has 4 nitrogen and oxygen atoms in total. The van der Waals surface area contributed by atoms with Gasteiger partial charge in [-0.15, -0.1) is 0 Å². The molecule has 0 saturated heterocycles. The first kappa shape index (κ1) is 9.30. The van der Waals surface area contributed by atoms with Crippen LogP contribution in [0.1, 0.15) is 0 Å². The molecule has 0 fully saturated rings. The van der Waals surface area contributed by atoms with Crippen LogP contribution in [-0.4, -0.2) is 18.2 Å². The Hall–Kier alpha value is -1.26. The van der Waals surface area contributed by atoms with E-state index in [4.69, 9.17) is 21.9 Å². The maximum Gasteiger partial charge on any atom is 0.232 e. The lowest BCUT2D eigenvalue weighted by atomic mass is 10.2. The highest BCUT2D eigenvalue weighted by Gasteiger charge is 2.09. The van der Waals surface area contributed by atoms with E-state index in [-0.39, 0.29) is 0 Å². The van der Waals surface area contributed by atoms with Crippen molar-refractivity contribution in [2.75, 3.05) is 18.4 Å². The normalized spacial score (nSPS) is 10.7. The van der Waals surface area contributed by atoms with Crippen molar-refractivity contribution in [2.45, 2.75) is 0 Å². The Morgan fingerprint density at radius 3 is 3.14 bits per heavy atom. The van der Waals surface area contributed by atoms with E-state index in [0.717, 1.165) is 5.39 Å². The molecule has 0 saturated carbocycles. The molecule has 3 N–H and O–H groups in total. The monoisotopic (exact) mass is 211 g/mol. The van der Waals surface area contributed by atoms with Crippen molar-refractivity contribution < 1.29 is 4.52 Å². The molecular weight excluding hydrogens is 202 g/mol. The lowest BCUT2D eigenvalue weighted by molar-refractivity contribution is 0.441. The zero-order chi connectivity index (χ0) is 9.97. The van der Waals surface area contributed by atoms with Gasteiger partial charge in [0.1, 0.15) is 5.52 Å². The summed E-state index contributed by atoms with van der Waals surface area (Å²) in [4.78, 5) is 0. The average molecular weight is 212 g/mol. The third kappa shape index (κ3) is 1.54. The first-order valence-electron chi connectivity index (χ1n) is 4.31. The van der Waals surface area contributed by atoms with Gasteiger partial charge in [0, 0.05) is 13.1 Å². The summed E-state index contributed by atoms with van der Waals surface area (Å²) in [7, 11) is 0. The van der Waals surface area contributed by atoms with E-state index >= 15 is 0 Å².